The molecule has 2 aromatic heterocycles. The minimum atomic E-state index is -0.367. The number of carbonyl (C=O) groups excluding carboxylic acids is 1. The number of rotatable bonds is 10. The summed E-state index contributed by atoms with van der Waals surface area (Å²) in [7, 11) is 0. The van der Waals surface area contributed by atoms with E-state index >= 15 is 0 Å². The van der Waals surface area contributed by atoms with Crippen molar-refractivity contribution in [2.45, 2.75) is 32.9 Å². The van der Waals surface area contributed by atoms with Crippen molar-refractivity contribution in [2.24, 2.45) is 0 Å². The van der Waals surface area contributed by atoms with Crippen molar-refractivity contribution in [3.63, 3.8) is 0 Å². The van der Waals surface area contributed by atoms with Crippen LogP contribution in [0.1, 0.15) is 25.3 Å². The third-order valence-corrected chi connectivity index (χ3v) is 6.76. The predicted octanol–water partition coefficient (Wildman–Crippen LogP) is 4.19. The zero-order valence-corrected chi connectivity index (χ0v) is 19.4. The van der Waals surface area contributed by atoms with E-state index in [2.05, 4.69) is 17.3 Å². The van der Waals surface area contributed by atoms with Crippen molar-refractivity contribution < 1.29 is 9.18 Å². The van der Waals surface area contributed by atoms with Crippen LogP contribution in [0.25, 0.3) is 21.8 Å². The summed E-state index contributed by atoms with van der Waals surface area (Å²) in [4.78, 5) is 25.8. The topological polar surface area (TPSA) is 68.9 Å². The molecule has 0 aliphatic carbocycles. The summed E-state index contributed by atoms with van der Waals surface area (Å²) in [5.74, 6) is 1.54. The minimum Gasteiger partial charge on any atom is -0.354 e. The number of benzene rings is 2. The van der Waals surface area contributed by atoms with Crippen LogP contribution < -0.4 is 10.9 Å². The lowest BCUT2D eigenvalue weighted by molar-refractivity contribution is -0.121. The van der Waals surface area contributed by atoms with Crippen LogP contribution >= 0.6 is 11.8 Å². The number of fused-ring (bicyclic) bond motifs is 3. The van der Waals surface area contributed by atoms with Gasteiger partial charge in [-0.1, -0.05) is 43.3 Å². The molecule has 0 bridgehead atoms. The number of amides is 1. The van der Waals surface area contributed by atoms with E-state index in [9.17, 15) is 14.0 Å². The highest BCUT2D eigenvalue weighted by Gasteiger charge is 2.18. The average molecular weight is 467 g/mol. The number of para-hydroxylation sites is 1. The molecule has 8 heteroatoms. The van der Waals surface area contributed by atoms with Gasteiger partial charge in [-0.3, -0.25) is 9.59 Å². The van der Waals surface area contributed by atoms with Crippen molar-refractivity contribution in [2.75, 3.05) is 18.1 Å². The van der Waals surface area contributed by atoms with Crippen LogP contribution in [0.2, 0.25) is 0 Å². The number of thioether (sulfide) groups is 1. The Kier molecular flexibility index (Phi) is 7.44. The Balaban J connectivity index is 1.62. The lowest BCUT2D eigenvalue weighted by atomic mass is 10.2. The Morgan fingerprint density at radius 3 is 2.70 bits per heavy atom. The lowest BCUT2D eigenvalue weighted by Crippen LogP contribution is -2.34. The molecule has 0 spiro atoms. The maximum Gasteiger partial charge on any atom is 0.291 e. The molecule has 4 aromatic rings. The number of halogens is 1. The molecular weight excluding hydrogens is 439 g/mol. The summed E-state index contributed by atoms with van der Waals surface area (Å²) in [6.07, 6.45) is 3.64. The first-order chi connectivity index (χ1) is 16.1. The van der Waals surface area contributed by atoms with E-state index in [-0.39, 0.29) is 30.4 Å². The van der Waals surface area contributed by atoms with E-state index in [0.29, 0.717) is 23.0 Å². The van der Waals surface area contributed by atoms with Crippen molar-refractivity contribution >= 4 is 39.5 Å². The van der Waals surface area contributed by atoms with Crippen molar-refractivity contribution in [3.05, 3.63) is 76.5 Å². The average Bonchev–Trinajstić information content (AvgIpc) is 3.14. The number of hydrogen-bond acceptors (Lipinski definition) is 4. The van der Waals surface area contributed by atoms with Gasteiger partial charge in [-0.05, 0) is 36.5 Å². The first kappa shape index (κ1) is 23.0. The van der Waals surface area contributed by atoms with Crippen molar-refractivity contribution in [3.8, 4) is 0 Å². The highest BCUT2D eigenvalue weighted by molar-refractivity contribution is 7.99. The minimum absolute atomic E-state index is 0.155. The van der Waals surface area contributed by atoms with Crippen molar-refractivity contribution in [1.82, 2.24) is 19.7 Å². The zero-order chi connectivity index (χ0) is 23.2. The van der Waals surface area contributed by atoms with Gasteiger partial charge in [0, 0.05) is 28.4 Å². The predicted molar refractivity (Wildman–Crippen MR) is 132 cm³/mol. The van der Waals surface area contributed by atoms with Gasteiger partial charge >= 0.3 is 0 Å². The maximum atomic E-state index is 14.4. The molecule has 2 heterocycles. The summed E-state index contributed by atoms with van der Waals surface area (Å²) < 4.78 is 17.4. The number of nitrogens with one attached hydrogen (secondary N) is 1. The molecule has 0 aliphatic rings. The molecule has 0 aliphatic heterocycles. The molecular formula is C25H27FN4O2S. The summed E-state index contributed by atoms with van der Waals surface area (Å²) in [6.45, 7) is 2.77. The summed E-state index contributed by atoms with van der Waals surface area (Å²) in [5, 5.41) is 8.68. The molecule has 0 atom stereocenters. The SMILES string of the molecule is CCCSCCCNC(=O)Cn1ncc2c3ccccc3n(Cc3ccccc3F)c2c1=O. The second-order valence-corrected chi connectivity index (χ2v) is 9.10. The van der Waals surface area contributed by atoms with Crippen LogP contribution in [-0.2, 0) is 17.9 Å². The molecule has 0 saturated carbocycles. The van der Waals surface area contributed by atoms with Gasteiger partial charge in [-0.15, -0.1) is 0 Å². The summed E-state index contributed by atoms with van der Waals surface area (Å²) in [5.41, 5.74) is 1.36. The summed E-state index contributed by atoms with van der Waals surface area (Å²) in [6, 6.07) is 14.1. The smallest absolute Gasteiger partial charge is 0.291 e. The first-order valence-corrected chi connectivity index (χ1v) is 12.3. The molecule has 1 N–H and O–H groups in total. The van der Waals surface area contributed by atoms with Crippen LogP contribution in [-0.4, -0.2) is 38.3 Å². The Labute approximate surface area is 195 Å². The number of aromatic nitrogens is 3. The van der Waals surface area contributed by atoms with Gasteiger partial charge < -0.3 is 9.88 Å². The third kappa shape index (κ3) is 5.11. The van der Waals surface area contributed by atoms with E-state index in [0.717, 1.165) is 35.3 Å². The van der Waals surface area contributed by atoms with Crippen LogP contribution in [0, 0.1) is 5.82 Å². The molecule has 33 heavy (non-hydrogen) atoms. The van der Waals surface area contributed by atoms with Gasteiger partial charge in [0.2, 0.25) is 5.91 Å². The monoisotopic (exact) mass is 466 g/mol. The Bertz CT molecular complexity index is 1330. The molecule has 1 amide bonds. The second kappa shape index (κ2) is 10.7. The maximum absolute atomic E-state index is 14.4. The van der Waals surface area contributed by atoms with E-state index < -0.39 is 0 Å². The van der Waals surface area contributed by atoms with E-state index in [4.69, 9.17) is 0 Å². The lowest BCUT2D eigenvalue weighted by Gasteiger charge is -2.10. The van der Waals surface area contributed by atoms with Gasteiger partial charge in [-0.2, -0.15) is 16.9 Å². The van der Waals surface area contributed by atoms with E-state index in [1.165, 1.54) is 10.7 Å². The Hall–Kier alpha value is -3.13. The Morgan fingerprint density at radius 1 is 1.09 bits per heavy atom. The van der Waals surface area contributed by atoms with E-state index in [1.54, 1.807) is 24.4 Å². The quantitative estimate of drug-likeness (QED) is 0.356. The van der Waals surface area contributed by atoms with Crippen molar-refractivity contribution in [1.29, 1.82) is 0 Å². The zero-order valence-electron chi connectivity index (χ0n) is 18.6. The third-order valence-electron chi connectivity index (χ3n) is 5.49. The highest BCUT2D eigenvalue weighted by Crippen LogP contribution is 2.27. The fraction of sp³-hybridized carbons (Fsp3) is 0.320. The number of nitrogens with zero attached hydrogens (tertiary/aromatic N) is 3. The van der Waals surface area contributed by atoms with Crippen LogP contribution in [0.15, 0.2) is 59.5 Å². The molecule has 6 nitrogen and oxygen atoms in total. The number of hydrogen-bond donors (Lipinski definition) is 1. The molecule has 4 rings (SSSR count). The molecule has 0 unspecified atom stereocenters. The fourth-order valence-corrected chi connectivity index (χ4v) is 4.75. The highest BCUT2D eigenvalue weighted by atomic mass is 32.2. The summed E-state index contributed by atoms with van der Waals surface area (Å²) >= 11 is 1.87. The Morgan fingerprint density at radius 2 is 1.88 bits per heavy atom. The van der Waals surface area contributed by atoms with Crippen LogP contribution in [0.4, 0.5) is 4.39 Å². The normalized spacial score (nSPS) is 11.3. The van der Waals surface area contributed by atoms with Gasteiger partial charge in [0.05, 0.1) is 12.7 Å². The standard InChI is InChI=1S/C25H27FN4O2S/c1-2-13-33-14-7-12-27-23(31)17-30-25(32)24-20(15-28-30)19-9-4-6-11-22(19)29(24)16-18-8-3-5-10-21(18)26/h3-6,8-11,15H,2,7,12-14,16-17H2,1H3,(H,27,31). The van der Waals surface area contributed by atoms with Crippen LogP contribution in [0.5, 0.6) is 0 Å². The van der Waals surface area contributed by atoms with Gasteiger partial charge in [0.25, 0.3) is 5.56 Å². The van der Waals surface area contributed by atoms with E-state index in [1.807, 2.05) is 40.6 Å². The largest absolute Gasteiger partial charge is 0.354 e. The fourth-order valence-electron chi connectivity index (χ4n) is 3.91. The molecule has 2 aromatic carbocycles. The molecule has 0 radical (unpaired) electrons. The molecule has 172 valence electrons. The van der Waals surface area contributed by atoms with Gasteiger partial charge in [0.15, 0.2) is 0 Å². The van der Waals surface area contributed by atoms with Gasteiger partial charge in [0.1, 0.15) is 17.9 Å². The molecule has 0 fully saturated rings. The second-order valence-electron chi connectivity index (χ2n) is 7.88. The van der Waals surface area contributed by atoms with Gasteiger partial charge in [-0.25, -0.2) is 9.07 Å². The first-order valence-electron chi connectivity index (χ1n) is 11.1. The number of carbonyl (C=O) groups is 1. The molecule has 0 saturated heterocycles. The van der Waals surface area contributed by atoms with Crippen LogP contribution in [0.3, 0.4) is 0 Å².